The van der Waals surface area contributed by atoms with Crippen LogP contribution in [0.25, 0.3) is 0 Å². The number of carboxylic acids is 1. The Bertz CT molecular complexity index is 776. The molecular formula is C17H20Br2N4O5. The predicted molar refractivity (Wildman–Crippen MR) is 111 cm³/mol. The molecule has 1 aromatic rings. The molecule has 0 heterocycles. The fraction of sp³-hybridized carbons (Fsp3) is 0.471. The zero-order chi connectivity index (χ0) is 21.3. The number of hydrogen-bond donors (Lipinski definition) is 1. The van der Waals surface area contributed by atoms with Gasteiger partial charge in [-0.3, -0.25) is 19.7 Å². The first-order valence-electron chi connectivity index (χ1n) is 8.33. The Morgan fingerprint density at radius 1 is 1.25 bits per heavy atom. The second kappa shape index (κ2) is 11.6. The van der Waals surface area contributed by atoms with Crippen LogP contribution in [0.4, 0.5) is 11.4 Å². The molecule has 0 aliphatic heterocycles. The lowest BCUT2D eigenvalue weighted by Gasteiger charge is -2.25. The van der Waals surface area contributed by atoms with Crippen molar-refractivity contribution in [2.45, 2.75) is 12.8 Å². The first-order chi connectivity index (χ1) is 13.3. The monoisotopic (exact) mass is 518 g/mol. The molecule has 0 spiro atoms. The van der Waals surface area contributed by atoms with Crippen molar-refractivity contribution in [1.29, 1.82) is 5.26 Å². The highest BCUT2D eigenvalue weighted by Gasteiger charge is 2.27. The molecule has 28 heavy (non-hydrogen) atoms. The molecule has 0 bridgehead atoms. The summed E-state index contributed by atoms with van der Waals surface area (Å²) in [5, 5.41) is 30.9. The van der Waals surface area contributed by atoms with E-state index in [9.17, 15) is 25.0 Å². The summed E-state index contributed by atoms with van der Waals surface area (Å²) >= 11 is 6.68. The molecule has 1 amide bonds. The molecule has 1 N–H and O–H groups in total. The molecule has 0 radical (unpaired) electrons. The van der Waals surface area contributed by atoms with Crippen molar-refractivity contribution in [3.8, 4) is 6.07 Å². The second-order valence-corrected chi connectivity index (χ2v) is 7.43. The molecule has 1 rings (SSSR count). The molecule has 0 saturated carbocycles. The zero-order valence-electron chi connectivity index (χ0n) is 15.2. The van der Waals surface area contributed by atoms with Gasteiger partial charge in [0.1, 0.15) is 11.6 Å². The van der Waals surface area contributed by atoms with Crippen LogP contribution in [-0.4, -0.2) is 64.1 Å². The van der Waals surface area contributed by atoms with Gasteiger partial charge in [-0.15, -0.1) is 0 Å². The third-order valence-corrected chi connectivity index (χ3v) is 4.65. The number of carboxylic acid groups (broad SMARTS) is 1. The second-order valence-electron chi connectivity index (χ2n) is 5.84. The maximum Gasteiger partial charge on any atom is 0.303 e. The van der Waals surface area contributed by atoms with E-state index in [4.69, 9.17) is 5.11 Å². The van der Waals surface area contributed by atoms with Gasteiger partial charge in [0.05, 0.1) is 16.2 Å². The number of carbonyl (C=O) groups excluding carboxylic acids is 1. The van der Waals surface area contributed by atoms with Gasteiger partial charge in [0, 0.05) is 49.8 Å². The Hall–Kier alpha value is -2.19. The highest BCUT2D eigenvalue weighted by Crippen LogP contribution is 2.30. The molecule has 11 heteroatoms. The summed E-state index contributed by atoms with van der Waals surface area (Å²) < 4.78 is 0. The van der Waals surface area contributed by atoms with Crippen LogP contribution in [0, 0.1) is 21.4 Å². The zero-order valence-corrected chi connectivity index (χ0v) is 18.4. The molecule has 1 aromatic carbocycles. The third-order valence-electron chi connectivity index (χ3n) is 3.94. The van der Waals surface area contributed by atoms with E-state index in [1.165, 1.54) is 18.0 Å². The minimum atomic E-state index is -0.979. The molecule has 0 saturated heterocycles. The van der Waals surface area contributed by atoms with Crippen LogP contribution >= 0.6 is 31.9 Å². The van der Waals surface area contributed by atoms with E-state index in [1.54, 1.807) is 0 Å². The number of alkyl halides is 2. The molecule has 0 fully saturated rings. The normalized spacial score (nSPS) is 10.2. The van der Waals surface area contributed by atoms with Crippen LogP contribution in [-0.2, 0) is 4.79 Å². The number of amides is 1. The minimum absolute atomic E-state index is 0.109. The average Bonchev–Trinajstić information content (AvgIpc) is 2.65. The summed E-state index contributed by atoms with van der Waals surface area (Å²) in [5.41, 5.74) is -0.0352. The van der Waals surface area contributed by atoms with E-state index in [0.29, 0.717) is 29.4 Å². The lowest BCUT2D eigenvalue weighted by Crippen LogP contribution is -2.31. The minimum Gasteiger partial charge on any atom is -0.481 e. The van der Waals surface area contributed by atoms with Crippen molar-refractivity contribution < 1.29 is 19.6 Å². The van der Waals surface area contributed by atoms with Crippen molar-refractivity contribution in [1.82, 2.24) is 4.90 Å². The van der Waals surface area contributed by atoms with Crippen LogP contribution in [0.3, 0.4) is 0 Å². The smallest absolute Gasteiger partial charge is 0.303 e. The van der Waals surface area contributed by atoms with Gasteiger partial charge in [-0.1, -0.05) is 31.9 Å². The van der Waals surface area contributed by atoms with Crippen molar-refractivity contribution in [3.05, 3.63) is 33.4 Å². The summed E-state index contributed by atoms with van der Waals surface area (Å²) in [4.78, 5) is 37.3. The SMILES string of the molecule is CN(CCCC(=O)O)C(=O)c1cc(N(CCBr)CCBr)c(C#N)cc1[N+](=O)[O-]. The third kappa shape index (κ3) is 6.45. The summed E-state index contributed by atoms with van der Waals surface area (Å²) in [6.07, 6.45) is 0.121. The van der Waals surface area contributed by atoms with Crippen LogP contribution in [0.2, 0.25) is 0 Å². The molecule has 0 unspecified atom stereocenters. The van der Waals surface area contributed by atoms with Crippen molar-refractivity contribution in [2.24, 2.45) is 0 Å². The predicted octanol–water partition coefficient (Wildman–Crippen LogP) is 3.00. The van der Waals surface area contributed by atoms with Gasteiger partial charge in [-0.2, -0.15) is 5.26 Å². The number of halogens is 2. The van der Waals surface area contributed by atoms with Gasteiger partial charge < -0.3 is 14.9 Å². The first-order valence-corrected chi connectivity index (χ1v) is 10.6. The number of nitrogens with zero attached hydrogens (tertiary/aromatic N) is 4. The van der Waals surface area contributed by atoms with E-state index in [-0.39, 0.29) is 30.5 Å². The van der Waals surface area contributed by atoms with E-state index in [1.807, 2.05) is 11.0 Å². The number of benzene rings is 1. The molecule has 0 aliphatic rings. The van der Waals surface area contributed by atoms with E-state index < -0.39 is 22.5 Å². The lowest BCUT2D eigenvalue weighted by atomic mass is 10.0. The van der Waals surface area contributed by atoms with E-state index in [0.717, 1.165) is 6.07 Å². The topological polar surface area (TPSA) is 128 Å². The Balaban J connectivity index is 3.36. The molecule has 9 nitrogen and oxygen atoms in total. The number of rotatable bonds is 11. The van der Waals surface area contributed by atoms with Crippen molar-refractivity contribution >= 4 is 55.1 Å². The standard InChI is InChI=1S/C17H20Br2N4O5/c1-21(6-2-3-16(24)25)17(26)13-10-14(22(7-4-18)8-5-19)12(11-20)9-15(13)23(27)28/h9-10H,2-8H2,1H3,(H,24,25). The largest absolute Gasteiger partial charge is 0.481 e. The molecular weight excluding hydrogens is 500 g/mol. The van der Waals surface area contributed by atoms with Gasteiger partial charge in [0.15, 0.2) is 0 Å². The maximum atomic E-state index is 12.8. The van der Waals surface area contributed by atoms with E-state index >= 15 is 0 Å². The van der Waals surface area contributed by atoms with Crippen molar-refractivity contribution in [3.63, 3.8) is 0 Å². The number of nitriles is 1. The molecule has 0 aromatic heterocycles. The quantitative estimate of drug-likeness (QED) is 0.270. The maximum absolute atomic E-state index is 12.8. The number of carbonyl (C=O) groups is 2. The molecule has 152 valence electrons. The summed E-state index contributed by atoms with van der Waals surface area (Å²) in [5.74, 6) is -1.58. The summed E-state index contributed by atoms with van der Waals surface area (Å²) in [7, 11) is 1.46. The number of nitro groups is 1. The fourth-order valence-corrected chi connectivity index (χ4v) is 3.44. The van der Waals surface area contributed by atoms with Gasteiger partial charge in [-0.25, -0.2) is 0 Å². The van der Waals surface area contributed by atoms with Gasteiger partial charge in [0.25, 0.3) is 11.6 Å². The number of anilines is 1. The highest BCUT2D eigenvalue weighted by atomic mass is 79.9. The van der Waals surface area contributed by atoms with Gasteiger partial charge in [0.2, 0.25) is 0 Å². The van der Waals surface area contributed by atoms with Crippen LogP contribution in [0.1, 0.15) is 28.8 Å². The Labute approximate surface area is 179 Å². The first kappa shape index (κ1) is 23.8. The fourth-order valence-electron chi connectivity index (χ4n) is 2.58. The average molecular weight is 520 g/mol. The number of hydrogen-bond acceptors (Lipinski definition) is 6. The lowest BCUT2D eigenvalue weighted by molar-refractivity contribution is -0.385. The Morgan fingerprint density at radius 3 is 2.32 bits per heavy atom. The van der Waals surface area contributed by atoms with Crippen molar-refractivity contribution in [2.75, 3.05) is 42.2 Å². The van der Waals surface area contributed by atoms with Crippen LogP contribution < -0.4 is 4.90 Å². The highest BCUT2D eigenvalue weighted by molar-refractivity contribution is 9.09. The Kier molecular flexibility index (Phi) is 9.89. The molecule has 0 atom stereocenters. The summed E-state index contributed by atoms with van der Waals surface area (Å²) in [6.45, 7) is 1.23. The number of nitro benzene ring substituents is 1. The number of aliphatic carboxylic acids is 1. The Morgan fingerprint density at radius 2 is 1.86 bits per heavy atom. The van der Waals surface area contributed by atoms with E-state index in [2.05, 4.69) is 31.9 Å². The van der Waals surface area contributed by atoms with Gasteiger partial charge >= 0.3 is 5.97 Å². The summed E-state index contributed by atoms with van der Waals surface area (Å²) in [6, 6.07) is 4.45. The van der Waals surface area contributed by atoms with Crippen LogP contribution in [0.15, 0.2) is 12.1 Å². The molecule has 0 aliphatic carbocycles. The van der Waals surface area contributed by atoms with Crippen LogP contribution in [0.5, 0.6) is 0 Å². The van der Waals surface area contributed by atoms with Gasteiger partial charge in [-0.05, 0) is 12.5 Å².